The fraction of sp³-hybridized carbons (Fsp3) is 0.458. The molecule has 9 heteroatoms. The third-order valence-electron chi connectivity index (χ3n) is 5.62. The molecule has 0 saturated heterocycles. The predicted octanol–water partition coefficient (Wildman–Crippen LogP) is 4.57. The number of halogens is 1. The van der Waals surface area contributed by atoms with Gasteiger partial charge in [-0.2, -0.15) is 0 Å². The van der Waals surface area contributed by atoms with Gasteiger partial charge in [0, 0.05) is 34.7 Å². The van der Waals surface area contributed by atoms with Crippen molar-refractivity contribution in [3.05, 3.63) is 52.7 Å². The molecule has 2 aliphatic carbocycles. The van der Waals surface area contributed by atoms with Crippen LogP contribution in [-0.2, 0) is 9.59 Å². The minimum absolute atomic E-state index is 0.00382. The summed E-state index contributed by atoms with van der Waals surface area (Å²) >= 11 is 6.74. The van der Waals surface area contributed by atoms with Crippen LogP contribution >= 0.6 is 24.2 Å². The second kappa shape index (κ2) is 12.2. The molecule has 2 amide bonds. The molecule has 0 spiro atoms. The van der Waals surface area contributed by atoms with Gasteiger partial charge in [0.2, 0.25) is 5.91 Å². The molecule has 4 N–H and O–H groups in total. The maximum atomic E-state index is 13.1. The van der Waals surface area contributed by atoms with Crippen molar-refractivity contribution >= 4 is 46.8 Å². The number of carbonyl (C=O) groups excluding carboxylic acids is 2. The van der Waals surface area contributed by atoms with Crippen LogP contribution in [0.1, 0.15) is 51.9 Å². The van der Waals surface area contributed by atoms with Crippen LogP contribution in [-0.4, -0.2) is 29.5 Å². The first-order chi connectivity index (χ1) is 15.9. The van der Waals surface area contributed by atoms with E-state index in [0.717, 1.165) is 42.6 Å². The van der Waals surface area contributed by atoms with E-state index in [0.29, 0.717) is 35.8 Å². The van der Waals surface area contributed by atoms with Gasteiger partial charge in [0.15, 0.2) is 5.11 Å². The summed E-state index contributed by atoms with van der Waals surface area (Å²) < 4.78 is 16.1. The zero-order valence-corrected chi connectivity index (χ0v) is 20.5. The van der Waals surface area contributed by atoms with E-state index in [1.807, 2.05) is 0 Å². The van der Waals surface area contributed by atoms with Gasteiger partial charge in [-0.3, -0.25) is 14.3 Å². The average molecular weight is 491 g/mol. The molecule has 0 heterocycles. The molecule has 0 radical (unpaired) electrons. The van der Waals surface area contributed by atoms with Crippen LogP contribution < -0.4 is 20.7 Å². The van der Waals surface area contributed by atoms with E-state index < -0.39 is 0 Å². The van der Waals surface area contributed by atoms with Gasteiger partial charge in [0.1, 0.15) is 5.82 Å². The van der Waals surface area contributed by atoms with E-state index >= 15 is 0 Å². The number of rotatable bonds is 10. The zero-order valence-electron chi connectivity index (χ0n) is 18.8. The molecule has 6 nitrogen and oxygen atoms in total. The molecule has 1 saturated carbocycles. The summed E-state index contributed by atoms with van der Waals surface area (Å²) in [7, 11) is 0. The Balaban J connectivity index is 1.64. The van der Waals surface area contributed by atoms with Crippen LogP contribution in [0.25, 0.3) is 0 Å². The summed E-state index contributed by atoms with van der Waals surface area (Å²) in [4.78, 5) is 25.8. The van der Waals surface area contributed by atoms with Gasteiger partial charge in [0.05, 0.1) is 0 Å². The molecule has 178 valence electrons. The second-order valence-electron chi connectivity index (χ2n) is 8.38. The lowest BCUT2D eigenvalue weighted by Crippen LogP contribution is -2.40. The smallest absolute Gasteiger partial charge is 0.250 e. The maximum Gasteiger partial charge on any atom is 0.250 e. The van der Waals surface area contributed by atoms with Gasteiger partial charge in [-0.25, -0.2) is 4.39 Å². The number of hydrogen-bond acceptors (Lipinski definition) is 4. The van der Waals surface area contributed by atoms with Crippen molar-refractivity contribution in [3.8, 4) is 0 Å². The van der Waals surface area contributed by atoms with Gasteiger partial charge < -0.3 is 16.0 Å². The lowest BCUT2D eigenvalue weighted by atomic mass is 9.90. The van der Waals surface area contributed by atoms with Crippen LogP contribution in [0.3, 0.4) is 0 Å². The van der Waals surface area contributed by atoms with Gasteiger partial charge >= 0.3 is 0 Å². The highest BCUT2D eigenvalue weighted by Gasteiger charge is 2.31. The molecule has 1 unspecified atom stereocenters. The van der Waals surface area contributed by atoms with Gasteiger partial charge in [0.25, 0.3) is 5.91 Å². The van der Waals surface area contributed by atoms with E-state index in [2.05, 4.69) is 34.2 Å². The highest BCUT2D eigenvalue weighted by atomic mass is 32.2. The number of amides is 2. The third-order valence-corrected chi connectivity index (χ3v) is 6.84. The summed E-state index contributed by atoms with van der Waals surface area (Å²) in [5, 5.41) is 9.72. The van der Waals surface area contributed by atoms with E-state index in [9.17, 15) is 14.0 Å². The van der Waals surface area contributed by atoms with Crippen molar-refractivity contribution in [2.75, 3.05) is 11.9 Å². The number of nitrogens with one attached hydrogen (secondary N) is 4. The van der Waals surface area contributed by atoms with Crippen molar-refractivity contribution < 1.29 is 14.0 Å². The Morgan fingerprint density at radius 1 is 1.21 bits per heavy atom. The Labute approximate surface area is 204 Å². The predicted molar refractivity (Wildman–Crippen MR) is 136 cm³/mol. The molecule has 1 atom stereocenters. The second-order valence-corrected chi connectivity index (χ2v) is 9.69. The molecule has 1 aromatic rings. The van der Waals surface area contributed by atoms with Crippen molar-refractivity contribution in [2.45, 2.75) is 57.9 Å². The first kappa shape index (κ1) is 25.2. The fourth-order valence-electron chi connectivity index (χ4n) is 3.49. The number of allylic oxidation sites excluding steroid dienone is 1. The van der Waals surface area contributed by atoms with Crippen molar-refractivity contribution in [3.63, 3.8) is 0 Å². The van der Waals surface area contributed by atoms with Crippen molar-refractivity contribution in [1.29, 1.82) is 0 Å². The summed E-state index contributed by atoms with van der Waals surface area (Å²) in [6.07, 6.45) is 5.83. The van der Waals surface area contributed by atoms with E-state index in [1.54, 1.807) is 12.1 Å². The van der Waals surface area contributed by atoms with E-state index in [1.165, 1.54) is 24.1 Å². The topological polar surface area (TPSA) is 82.3 Å². The number of anilines is 1. The monoisotopic (exact) mass is 490 g/mol. The molecule has 1 aromatic carbocycles. The number of hydrogen-bond donors (Lipinski definition) is 4. The number of thiocarbonyl (C=S) groups is 1. The standard InChI is InChI=1S/C24H31FN4O2S2/c1-3-4-13-26-22(30)15(2)20-14-19(11-12-21(20)33-29-23(31)16-5-6-16)28-24(32)27-18-9-7-17(25)8-10-18/h7-10,16,19H,2-6,11-14H2,1H3,(H,26,30)(H,29,31)(H2,27,28,32). The van der Waals surface area contributed by atoms with Crippen LogP contribution in [0.4, 0.5) is 10.1 Å². The van der Waals surface area contributed by atoms with Crippen LogP contribution in [0.2, 0.25) is 0 Å². The average Bonchev–Trinajstić information content (AvgIpc) is 3.64. The SMILES string of the molecule is C=C(C(=O)NCCCC)C1=C(SNC(=O)C2CC2)CCC(NC(=S)Nc2ccc(F)cc2)C1. The fourth-order valence-corrected chi connectivity index (χ4v) is 4.72. The Morgan fingerprint density at radius 3 is 2.61 bits per heavy atom. The van der Waals surface area contributed by atoms with Crippen molar-refractivity contribution in [1.82, 2.24) is 15.4 Å². The normalized spacial score (nSPS) is 17.8. The number of carbonyl (C=O) groups is 2. The molecule has 3 rings (SSSR count). The lowest BCUT2D eigenvalue weighted by molar-refractivity contribution is -0.120. The molecule has 0 aromatic heterocycles. The minimum atomic E-state index is -0.309. The number of unbranched alkanes of at least 4 members (excludes halogenated alkanes) is 1. The number of benzene rings is 1. The Morgan fingerprint density at radius 2 is 1.94 bits per heavy atom. The summed E-state index contributed by atoms with van der Waals surface area (Å²) in [5.74, 6) is -0.321. The molecule has 1 fully saturated rings. The summed E-state index contributed by atoms with van der Waals surface area (Å²) in [5.41, 5.74) is 1.97. The Bertz CT molecular complexity index is 929. The molecule has 2 aliphatic rings. The minimum Gasteiger partial charge on any atom is -0.359 e. The van der Waals surface area contributed by atoms with E-state index in [4.69, 9.17) is 12.2 Å². The third kappa shape index (κ3) is 7.85. The summed E-state index contributed by atoms with van der Waals surface area (Å²) in [6, 6.07) is 5.98. The first-order valence-electron chi connectivity index (χ1n) is 11.4. The van der Waals surface area contributed by atoms with Gasteiger partial charge in [-0.05, 0) is 92.5 Å². The molecular weight excluding hydrogens is 459 g/mol. The maximum absolute atomic E-state index is 13.1. The lowest BCUT2D eigenvalue weighted by Gasteiger charge is -2.29. The van der Waals surface area contributed by atoms with Crippen LogP contribution in [0, 0.1) is 11.7 Å². The largest absolute Gasteiger partial charge is 0.359 e. The van der Waals surface area contributed by atoms with Crippen LogP contribution in [0.15, 0.2) is 46.9 Å². The highest BCUT2D eigenvalue weighted by Crippen LogP contribution is 2.36. The van der Waals surface area contributed by atoms with Gasteiger partial charge in [-0.1, -0.05) is 19.9 Å². The zero-order chi connectivity index (χ0) is 23.8. The van der Waals surface area contributed by atoms with Crippen molar-refractivity contribution in [2.24, 2.45) is 5.92 Å². The molecule has 0 bridgehead atoms. The summed E-state index contributed by atoms with van der Waals surface area (Å²) in [6.45, 7) is 6.74. The molecule has 0 aliphatic heterocycles. The quantitative estimate of drug-likeness (QED) is 0.167. The molecule has 33 heavy (non-hydrogen) atoms. The van der Waals surface area contributed by atoms with E-state index in [-0.39, 0.29) is 29.6 Å². The van der Waals surface area contributed by atoms with Gasteiger partial charge in [-0.15, -0.1) is 0 Å². The first-order valence-corrected chi connectivity index (χ1v) is 12.6. The highest BCUT2D eigenvalue weighted by molar-refractivity contribution is 8.01. The Kier molecular flexibility index (Phi) is 9.31. The molecular formula is C24H31FN4O2S2. The van der Waals surface area contributed by atoms with Crippen LogP contribution in [0.5, 0.6) is 0 Å². The Hall–Kier alpha value is -2.39.